The number of aliphatic carboxylic acids is 2. The molecule has 16 heteroatoms. The van der Waals surface area contributed by atoms with Crippen LogP contribution in [-0.2, 0) is 30.4 Å². The van der Waals surface area contributed by atoms with Crippen LogP contribution >= 0.6 is 0 Å². The molecule has 3 unspecified atom stereocenters. The van der Waals surface area contributed by atoms with Crippen molar-refractivity contribution in [2.75, 3.05) is 17.7 Å². The molecule has 286 valence electrons. The van der Waals surface area contributed by atoms with Crippen LogP contribution in [0.2, 0.25) is 0 Å². The molecule has 0 fully saturated rings. The van der Waals surface area contributed by atoms with Crippen LogP contribution in [0.25, 0.3) is 0 Å². The third-order valence-corrected chi connectivity index (χ3v) is 7.24. The normalized spacial score (nSPS) is 12.9. The van der Waals surface area contributed by atoms with E-state index in [1.807, 2.05) is 34.6 Å². The number of nitro groups is 1. The van der Waals surface area contributed by atoms with E-state index in [9.17, 15) is 44.3 Å². The molecule has 0 saturated carbocycles. The highest BCUT2D eigenvalue weighted by Gasteiger charge is 2.27. The van der Waals surface area contributed by atoms with E-state index in [2.05, 4.69) is 38.4 Å². The number of benzene rings is 2. The van der Waals surface area contributed by atoms with Crippen LogP contribution in [0.3, 0.4) is 0 Å². The van der Waals surface area contributed by atoms with Gasteiger partial charge in [0.05, 0.1) is 18.5 Å². The lowest BCUT2D eigenvalue weighted by Crippen LogP contribution is -2.52. The van der Waals surface area contributed by atoms with Crippen LogP contribution in [0.4, 0.5) is 11.4 Å². The van der Waals surface area contributed by atoms with E-state index < -0.39 is 52.7 Å². The van der Waals surface area contributed by atoms with Crippen molar-refractivity contribution in [3.05, 3.63) is 76.2 Å². The molecule has 0 saturated heterocycles. The minimum atomic E-state index is -1.45. The van der Waals surface area contributed by atoms with Crippen molar-refractivity contribution in [1.82, 2.24) is 16.0 Å². The predicted octanol–water partition coefficient (Wildman–Crippen LogP) is 3.73. The van der Waals surface area contributed by atoms with E-state index in [0.717, 1.165) is 6.20 Å². The van der Waals surface area contributed by atoms with Gasteiger partial charge in [-0.25, -0.2) is 9.59 Å². The van der Waals surface area contributed by atoms with Crippen LogP contribution in [0, 0.1) is 33.3 Å². The van der Waals surface area contributed by atoms with E-state index in [-0.39, 0.29) is 49.3 Å². The van der Waals surface area contributed by atoms with Gasteiger partial charge in [0, 0.05) is 30.6 Å². The highest BCUT2D eigenvalue weighted by Crippen LogP contribution is 2.20. The number of nitrogens with one attached hydrogen (secondary N) is 5. The van der Waals surface area contributed by atoms with Crippen LogP contribution < -0.4 is 31.3 Å². The maximum absolute atomic E-state index is 13.2. The van der Waals surface area contributed by atoms with Crippen LogP contribution in [0.5, 0.6) is 5.75 Å². The summed E-state index contributed by atoms with van der Waals surface area (Å²) in [5, 5.41) is 43.8. The Balaban J connectivity index is 2.03. The summed E-state index contributed by atoms with van der Waals surface area (Å²) in [4.78, 5) is 72.6. The molecule has 3 amide bonds. The third kappa shape index (κ3) is 17.1. The summed E-state index contributed by atoms with van der Waals surface area (Å²) < 4.78 is 5.13. The highest BCUT2D eigenvalue weighted by atomic mass is 16.6. The molecule has 0 bridgehead atoms. The maximum atomic E-state index is 13.2. The molecule has 3 atom stereocenters. The quantitative estimate of drug-likeness (QED) is 0.0621. The molecule has 0 aliphatic carbocycles. The molecule has 53 heavy (non-hydrogen) atoms. The van der Waals surface area contributed by atoms with Gasteiger partial charge in [0.2, 0.25) is 17.7 Å². The second-order valence-corrected chi connectivity index (χ2v) is 13.8. The van der Waals surface area contributed by atoms with Crippen molar-refractivity contribution in [2.45, 2.75) is 84.8 Å². The third-order valence-electron chi connectivity index (χ3n) is 7.24. The van der Waals surface area contributed by atoms with Crippen LogP contribution in [0.1, 0.15) is 65.9 Å². The molecular formula is C37H48N6O10. The fourth-order valence-corrected chi connectivity index (χ4v) is 4.77. The van der Waals surface area contributed by atoms with Gasteiger partial charge in [-0.2, -0.15) is 0 Å². The summed E-state index contributed by atoms with van der Waals surface area (Å²) in [5.74, 6) is 1.47. The predicted molar refractivity (Wildman–Crippen MR) is 197 cm³/mol. The summed E-state index contributed by atoms with van der Waals surface area (Å²) in [6.45, 7) is 9.17. The standard InChI is InChI=1S/C37H48N6O10/c1-23(2)19-30(34(46)42-29(36(49)50)10-8-7-9-28(35(47)48)40-33(45)21-37(3,4)5)41-32(44)20-24-11-13-25(14-12-24)38-31(22-43(51)52)39-26-15-17-27(53-6)18-16-26/h11-18,22-23,28-30,38-39H,9-10,19-21H2,1-6H3,(H,40,45)(H,41,44)(H,42,46)(H,47,48)(H,49,50). The van der Waals surface area contributed by atoms with Crippen molar-refractivity contribution in [1.29, 1.82) is 0 Å². The Hall–Kier alpha value is -6.11. The van der Waals surface area contributed by atoms with Crippen molar-refractivity contribution in [3.63, 3.8) is 0 Å². The number of carbonyl (C=O) groups is 5. The Labute approximate surface area is 308 Å². The lowest BCUT2D eigenvalue weighted by Gasteiger charge is -2.22. The van der Waals surface area contributed by atoms with E-state index in [0.29, 0.717) is 22.7 Å². The van der Waals surface area contributed by atoms with Gasteiger partial charge >= 0.3 is 11.9 Å². The highest BCUT2D eigenvalue weighted by molar-refractivity contribution is 5.91. The topological polar surface area (TPSA) is 238 Å². The number of carboxylic acid groups (broad SMARTS) is 2. The van der Waals surface area contributed by atoms with Gasteiger partial charge in [0.25, 0.3) is 6.20 Å². The summed E-state index contributed by atoms with van der Waals surface area (Å²) in [5.41, 5.74) is 1.29. The van der Waals surface area contributed by atoms with Crippen molar-refractivity contribution < 1.29 is 43.8 Å². The van der Waals surface area contributed by atoms with Gasteiger partial charge in [0.1, 0.15) is 23.9 Å². The number of methoxy groups -OCH3 is 1. The smallest absolute Gasteiger partial charge is 0.327 e. The zero-order valence-corrected chi connectivity index (χ0v) is 30.6. The Morgan fingerprint density at radius 2 is 1.30 bits per heavy atom. The van der Waals surface area contributed by atoms with Gasteiger partial charge in [-0.1, -0.05) is 46.8 Å². The van der Waals surface area contributed by atoms with E-state index >= 15 is 0 Å². The fraction of sp³-hybridized carbons (Fsp3) is 0.432. The van der Waals surface area contributed by atoms with Crippen LogP contribution in [-0.4, -0.2) is 70.0 Å². The van der Waals surface area contributed by atoms with Crippen molar-refractivity contribution >= 4 is 41.0 Å². The average Bonchev–Trinajstić information content (AvgIpc) is 3.04. The first-order chi connectivity index (χ1) is 24.8. The molecule has 0 heterocycles. The second-order valence-electron chi connectivity index (χ2n) is 13.8. The van der Waals surface area contributed by atoms with Gasteiger partial charge in [-0.3, -0.25) is 24.5 Å². The summed E-state index contributed by atoms with van der Waals surface area (Å²) in [6.07, 6.45) is 0.352. The Morgan fingerprint density at radius 1 is 0.811 bits per heavy atom. The molecule has 0 aliphatic rings. The number of rotatable bonds is 19. The number of amides is 3. The number of carboxylic acids is 2. The summed E-state index contributed by atoms with van der Waals surface area (Å²) in [7, 11) is 1.52. The first-order valence-electron chi connectivity index (χ1n) is 16.8. The van der Waals surface area contributed by atoms with E-state index in [1.54, 1.807) is 48.5 Å². The number of ether oxygens (including phenoxy) is 1. The monoisotopic (exact) mass is 736 g/mol. The van der Waals surface area contributed by atoms with Gasteiger partial charge in [-0.05, 0) is 59.7 Å². The maximum Gasteiger partial charge on any atom is 0.327 e. The van der Waals surface area contributed by atoms with Crippen molar-refractivity contribution in [2.24, 2.45) is 11.3 Å². The molecule has 0 radical (unpaired) electrons. The van der Waals surface area contributed by atoms with Gasteiger partial charge in [0.15, 0.2) is 5.82 Å². The number of nitrogens with zero attached hydrogens (tertiary/aromatic N) is 1. The molecule has 0 spiro atoms. The van der Waals surface area contributed by atoms with Gasteiger partial charge < -0.3 is 41.5 Å². The van der Waals surface area contributed by atoms with Gasteiger partial charge in [-0.15, -0.1) is 11.8 Å². The number of hydrogen-bond acceptors (Lipinski definition) is 10. The summed E-state index contributed by atoms with van der Waals surface area (Å²) in [6, 6.07) is 9.50. The SMILES string of the molecule is COc1ccc(NC(=C[N+](=O)[O-])Nc2ccc(CC(=O)NC(CC(C)C)C(=O)NC(CC#CCC(NC(=O)CC(C)(C)C)C(=O)O)C(=O)O)cc2)cc1. The average molecular weight is 737 g/mol. The lowest BCUT2D eigenvalue weighted by molar-refractivity contribution is -0.403. The molecule has 0 aromatic heterocycles. The molecule has 16 nitrogen and oxygen atoms in total. The second kappa shape index (κ2) is 20.7. The molecule has 2 aromatic rings. The lowest BCUT2D eigenvalue weighted by atomic mass is 9.92. The first kappa shape index (κ1) is 43.1. The summed E-state index contributed by atoms with van der Waals surface area (Å²) >= 11 is 0. The number of carbonyl (C=O) groups excluding carboxylic acids is 3. The zero-order chi connectivity index (χ0) is 39.7. The largest absolute Gasteiger partial charge is 0.497 e. The van der Waals surface area contributed by atoms with E-state index in [4.69, 9.17) is 4.74 Å². The molecule has 2 aromatic carbocycles. The Bertz CT molecular complexity index is 1690. The van der Waals surface area contributed by atoms with Crippen molar-refractivity contribution in [3.8, 4) is 17.6 Å². The molecule has 0 aliphatic heterocycles. The number of anilines is 2. The molecular weight excluding hydrogens is 688 g/mol. The minimum Gasteiger partial charge on any atom is -0.497 e. The van der Waals surface area contributed by atoms with E-state index in [1.165, 1.54) is 7.11 Å². The fourth-order valence-electron chi connectivity index (χ4n) is 4.77. The Morgan fingerprint density at radius 3 is 1.75 bits per heavy atom. The zero-order valence-electron chi connectivity index (χ0n) is 30.6. The minimum absolute atomic E-state index is 0.0473. The molecule has 2 rings (SSSR count). The molecule has 7 N–H and O–H groups in total. The van der Waals surface area contributed by atoms with Crippen LogP contribution in [0.15, 0.2) is 60.6 Å². The number of hydrogen-bond donors (Lipinski definition) is 7. The Kier molecular flexibility index (Phi) is 16.8. The first-order valence-corrected chi connectivity index (χ1v) is 16.8.